The molecule has 3 heterocycles. The van der Waals surface area contributed by atoms with Crippen LogP contribution in [0.3, 0.4) is 0 Å². The summed E-state index contributed by atoms with van der Waals surface area (Å²) in [6.45, 7) is 0. The Morgan fingerprint density at radius 2 is 1.85 bits per heavy atom. The molecule has 0 radical (unpaired) electrons. The minimum Gasteiger partial charge on any atom is -0.228 e. The van der Waals surface area contributed by atoms with E-state index in [9.17, 15) is 0 Å². The van der Waals surface area contributed by atoms with E-state index in [1.165, 1.54) is 0 Å². The Balaban J connectivity index is 1.96. The van der Waals surface area contributed by atoms with Crippen molar-refractivity contribution in [3.05, 3.63) is 58.9 Å². The summed E-state index contributed by atoms with van der Waals surface area (Å²) in [4.78, 5) is 9.27. The van der Waals surface area contributed by atoms with Gasteiger partial charge in [0.25, 0.3) is 0 Å². The molecular formula is C16H8N4. The molecule has 0 aliphatic carbocycles. The summed E-state index contributed by atoms with van der Waals surface area (Å²) in [5, 5.41) is 10.1. The van der Waals surface area contributed by atoms with Crippen LogP contribution in [0, 0.1) is 0 Å². The molecule has 0 amide bonds. The van der Waals surface area contributed by atoms with E-state index >= 15 is 0 Å². The van der Waals surface area contributed by atoms with Crippen LogP contribution in [0.2, 0.25) is 0 Å². The van der Waals surface area contributed by atoms with E-state index in [4.69, 9.17) is 0 Å². The maximum atomic E-state index is 4.68. The molecule has 0 spiro atoms. The summed E-state index contributed by atoms with van der Waals surface area (Å²) in [5.74, 6) is 0. The number of para-hydroxylation sites is 1. The number of hydrogen-bond donors (Lipinski definition) is 0. The van der Waals surface area contributed by atoms with Gasteiger partial charge in [-0.3, -0.25) is 0 Å². The van der Waals surface area contributed by atoms with E-state index in [1.54, 1.807) is 6.21 Å². The number of rotatable bonds is 0. The van der Waals surface area contributed by atoms with Crippen molar-refractivity contribution in [3.63, 3.8) is 0 Å². The zero-order chi connectivity index (χ0) is 13.1. The maximum Gasteiger partial charge on any atom is 0.161 e. The van der Waals surface area contributed by atoms with Crippen molar-refractivity contribution in [2.45, 2.75) is 0 Å². The smallest absolute Gasteiger partial charge is 0.161 e. The summed E-state index contributed by atoms with van der Waals surface area (Å²) < 4.78 is 0. The zero-order valence-electron chi connectivity index (χ0n) is 10.4. The van der Waals surface area contributed by atoms with Crippen LogP contribution in [0.25, 0.3) is 22.0 Å². The minimum absolute atomic E-state index is 0.797. The van der Waals surface area contributed by atoms with Gasteiger partial charge in [-0.05, 0) is 24.3 Å². The van der Waals surface area contributed by atoms with E-state index < -0.39 is 0 Å². The first-order valence-electron chi connectivity index (χ1n) is 6.43. The lowest BCUT2D eigenvalue weighted by Gasteiger charge is -2.02. The molecule has 0 unspecified atom stereocenters. The maximum absolute atomic E-state index is 4.68. The molecular weight excluding hydrogens is 248 g/mol. The average Bonchev–Trinajstić information content (AvgIpc) is 3.09. The second-order valence-corrected chi connectivity index (χ2v) is 4.90. The molecule has 20 heavy (non-hydrogen) atoms. The first-order valence-corrected chi connectivity index (χ1v) is 6.43. The van der Waals surface area contributed by atoms with E-state index in [-0.39, 0.29) is 0 Å². The molecule has 0 saturated carbocycles. The van der Waals surface area contributed by atoms with E-state index in [0.29, 0.717) is 0 Å². The quantitative estimate of drug-likeness (QED) is 0.475. The Morgan fingerprint density at radius 1 is 0.900 bits per heavy atom. The number of aromatic nitrogens is 1. The van der Waals surface area contributed by atoms with Crippen LogP contribution in [-0.2, 0) is 0 Å². The molecule has 92 valence electrons. The second kappa shape index (κ2) is 3.36. The standard InChI is InChI=1S/C16H8N4/c1-2-4-13-9(3-1)11-7-10-12-8-17-20-15(12)6-5-14(10)19-16(11)18-13/h1-8H. The molecule has 3 aromatic rings. The summed E-state index contributed by atoms with van der Waals surface area (Å²) >= 11 is 0. The molecule has 0 N–H and O–H groups in total. The lowest BCUT2D eigenvalue weighted by Crippen LogP contribution is -2.11. The summed E-state index contributed by atoms with van der Waals surface area (Å²) in [7, 11) is 0. The van der Waals surface area contributed by atoms with Crippen LogP contribution < -0.4 is 10.8 Å². The summed E-state index contributed by atoms with van der Waals surface area (Å²) in [6, 6.07) is 14.2. The molecule has 4 nitrogen and oxygen atoms in total. The number of hydrogen-bond acceptors (Lipinski definition) is 4. The van der Waals surface area contributed by atoms with Gasteiger partial charge in [-0.15, -0.1) is 0 Å². The van der Waals surface area contributed by atoms with Crippen LogP contribution in [-0.4, -0.2) is 11.2 Å². The molecule has 2 aliphatic heterocycles. The Labute approximate surface area is 113 Å². The van der Waals surface area contributed by atoms with Crippen LogP contribution in [0.1, 0.15) is 5.56 Å². The van der Waals surface area contributed by atoms with Gasteiger partial charge in [-0.1, -0.05) is 18.2 Å². The number of fused-ring (bicyclic) bond motifs is 6. The zero-order valence-corrected chi connectivity index (χ0v) is 10.4. The molecule has 0 atom stereocenters. The minimum atomic E-state index is 0.797. The van der Waals surface area contributed by atoms with Crippen molar-refractivity contribution in [3.8, 4) is 11.1 Å². The van der Waals surface area contributed by atoms with Gasteiger partial charge in [-0.25, -0.2) is 9.98 Å². The summed E-state index contributed by atoms with van der Waals surface area (Å²) in [5.41, 5.74) is 5.98. The van der Waals surface area contributed by atoms with Crippen LogP contribution in [0.4, 0.5) is 5.69 Å². The van der Waals surface area contributed by atoms with Gasteiger partial charge >= 0.3 is 0 Å². The first kappa shape index (κ1) is 9.97. The van der Waals surface area contributed by atoms with Gasteiger partial charge in [-0.2, -0.15) is 10.2 Å². The normalized spacial score (nSPS) is 13.6. The Kier molecular flexibility index (Phi) is 1.68. The number of benzene rings is 2. The van der Waals surface area contributed by atoms with Crippen molar-refractivity contribution in [1.82, 2.24) is 4.98 Å². The molecule has 4 heteroatoms. The highest BCUT2D eigenvalue weighted by atomic mass is 15.2. The highest BCUT2D eigenvalue weighted by molar-refractivity contribution is 6.00. The average molecular weight is 256 g/mol. The molecule has 0 fully saturated rings. The van der Waals surface area contributed by atoms with Crippen LogP contribution >= 0.6 is 0 Å². The first-order chi connectivity index (χ1) is 9.90. The largest absolute Gasteiger partial charge is 0.228 e. The fraction of sp³-hybridized carbons (Fsp3) is 0. The Morgan fingerprint density at radius 3 is 2.85 bits per heavy atom. The molecule has 5 rings (SSSR count). The van der Waals surface area contributed by atoms with Gasteiger partial charge < -0.3 is 0 Å². The van der Waals surface area contributed by atoms with Crippen molar-refractivity contribution >= 4 is 22.8 Å². The SMILES string of the molecule is C1=NN=c2ccc3nc4c(cc3c21)-c1ccccc1N=4. The van der Waals surface area contributed by atoms with Crippen molar-refractivity contribution < 1.29 is 0 Å². The predicted molar refractivity (Wildman–Crippen MR) is 76.7 cm³/mol. The fourth-order valence-electron chi connectivity index (χ4n) is 2.81. The lowest BCUT2D eigenvalue weighted by molar-refractivity contribution is 1.18. The molecule has 2 aromatic carbocycles. The number of pyridine rings is 1. The highest BCUT2D eigenvalue weighted by Crippen LogP contribution is 2.33. The Hall–Kier alpha value is -2.88. The predicted octanol–water partition coefficient (Wildman–Crippen LogP) is 2.13. The highest BCUT2D eigenvalue weighted by Gasteiger charge is 2.16. The lowest BCUT2D eigenvalue weighted by atomic mass is 10.0. The van der Waals surface area contributed by atoms with Crippen molar-refractivity contribution in [2.75, 3.05) is 0 Å². The van der Waals surface area contributed by atoms with E-state index in [2.05, 4.69) is 32.3 Å². The van der Waals surface area contributed by atoms with Gasteiger partial charge in [0.2, 0.25) is 0 Å². The number of nitrogens with zero attached hydrogens (tertiary/aromatic N) is 4. The van der Waals surface area contributed by atoms with Crippen LogP contribution in [0.5, 0.6) is 0 Å². The van der Waals surface area contributed by atoms with Crippen molar-refractivity contribution in [1.29, 1.82) is 0 Å². The third-order valence-corrected chi connectivity index (χ3v) is 3.77. The topological polar surface area (TPSA) is 50.0 Å². The van der Waals surface area contributed by atoms with Gasteiger partial charge in [0.05, 0.1) is 22.8 Å². The second-order valence-electron chi connectivity index (χ2n) is 4.90. The van der Waals surface area contributed by atoms with Gasteiger partial charge in [0, 0.05) is 22.1 Å². The van der Waals surface area contributed by atoms with E-state index in [0.717, 1.165) is 44.1 Å². The third-order valence-electron chi connectivity index (χ3n) is 3.77. The van der Waals surface area contributed by atoms with Crippen LogP contribution in [0.15, 0.2) is 57.7 Å². The summed E-state index contributed by atoms with van der Waals surface area (Å²) in [6.07, 6.45) is 1.80. The third kappa shape index (κ3) is 1.15. The van der Waals surface area contributed by atoms with Crippen molar-refractivity contribution in [2.24, 2.45) is 15.2 Å². The monoisotopic (exact) mass is 256 g/mol. The Bertz CT molecular complexity index is 1050. The van der Waals surface area contributed by atoms with Gasteiger partial charge in [0.1, 0.15) is 0 Å². The molecule has 2 aliphatic rings. The molecule has 0 bridgehead atoms. The fourth-order valence-corrected chi connectivity index (χ4v) is 2.81. The molecule has 1 aromatic heterocycles. The van der Waals surface area contributed by atoms with Gasteiger partial charge in [0.15, 0.2) is 5.49 Å². The molecule has 0 saturated heterocycles. The van der Waals surface area contributed by atoms with E-state index in [1.807, 2.05) is 30.3 Å².